The molecule has 20 heavy (non-hydrogen) atoms. The van der Waals surface area contributed by atoms with Crippen molar-refractivity contribution in [2.75, 3.05) is 6.54 Å². The first-order valence-electron chi connectivity index (χ1n) is 7.76. The lowest BCUT2D eigenvalue weighted by atomic mass is 9.48. The molecule has 4 nitrogen and oxygen atoms in total. The van der Waals surface area contributed by atoms with Gasteiger partial charge in [-0.3, -0.25) is 9.59 Å². The molecule has 2 unspecified atom stereocenters. The van der Waals surface area contributed by atoms with E-state index in [1.165, 1.54) is 0 Å². The van der Waals surface area contributed by atoms with E-state index in [9.17, 15) is 14.0 Å². The Morgan fingerprint density at radius 1 is 1.25 bits per heavy atom. The summed E-state index contributed by atoms with van der Waals surface area (Å²) in [7, 11) is 0. The molecule has 4 aliphatic carbocycles. The first-order valence-corrected chi connectivity index (χ1v) is 7.76. The molecule has 4 bridgehead atoms. The van der Waals surface area contributed by atoms with E-state index in [2.05, 4.69) is 10.6 Å². The molecule has 1 heterocycles. The van der Waals surface area contributed by atoms with E-state index < -0.39 is 17.1 Å². The van der Waals surface area contributed by atoms with Crippen molar-refractivity contribution in [1.82, 2.24) is 10.6 Å². The van der Waals surface area contributed by atoms with Crippen LogP contribution in [-0.2, 0) is 9.59 Å². The van der Waals surface area contributed by atoms with Crippen molar-refractivity contribution >= 4 is 11.8 Å². The second kappa shape index (κ2) is 3.95. The molecule has 5 aliphatic rings. The highest BCUT2D eigenvalue weighted by atomic mass is 19.1. The van der Waals surface area contributed by atoms with Crippen LogP contribution in [0.1, 0.15) is 44.9 Å². The summed E-state index contributed by atoms with van der Waals surface area (Å²) in [5, 5.41) is 5.61. The molecule has 0 spiro atoms. The van der Waals surface area contributed by atoms with Crippen LogP contribution in [0, 0.1) is 17.3 Å². The van der Waals surface area contributed by atoms with Gasteiger partial charge in [0, 0.05) is 6.54 Å². The summed E-state index contributed by atoms with van der Waals surface area (Å²) in [5.41, 5.74) is -1.67. The fraction of sp³-hybridized carbons (Fsp3) is 0.867. The van der Waals surface area contributed by atoms with Gasteiger partial charge in [0.05, 0.1) is 5.41 Å². The lowest BCUT2D eigenvalue weighted by molar-refractivity contribution is -0.161. The average molecular weight is 280 g/mol. The van der Waals surface area contributed by atoms with Gasteiger partial charge in [-0.05, 0) is 56.8 Å². The summed E-state index contributed by atoms with van der Waals surface area (Å²) in [5.74, 6) is 0.558. The molecular weight excluding hydrogens is 259 g/mol. The highest BCUT2D eigenvalue weighted by Crippen LogP contribution is 2.63. The second-order valence-electron chi connectivity index (χ2n) is 7.50. The molecule has 110 valence electrons. The van der Waals surface area contributed by atoms with Crippen LogP contribution in [0.4, 0.5) is 4.39 Å². The summed E-state index contributed by atoms with van der Waals surface area (Å²) in [6.07, 6.45) is 5.02. The quantitative estimate of drug-likeness (QED) is 0.801. The maximum absolute atomic E-state index is 14.8. The Morgan fingerprint density at radius 2 is 1.95 bits per heavy atom. The molecule has 5 rings (SSSR count). The van der Waals surface area contributed by atoms with Gasteiger partial charge in [-0.2, -0.15) is 0 Å². The first kappa shape index (κ1) is 12.6. The largest absolute Gasteiger partial charge is 0.354 e. The van der Waals surface area contributed by atoms with E-state index in [4.69, 9.17) is 0 Å². The predicted octanol–water partition coefficient (Wildman–Crippen LogP) is 1.30. The molecular formula is C15H21FN2O2. The zero-order valence-electron chi connectivity index (χ0n) is 11.6. The molecule has 3 atom stereocenters. The summed E-state index contributed by atoms with van der Waals surface area (Å²) in [6, 6.07) is -0.411. The number of carbonyl (C=O) groups is 2. The summed E-state index contributed by atoms with van der Waals surface area (Å²) >= 11 is 0. The molecule has 0 aromatic carbocycles. The van der Waals surface area contributed by atoms with Crippen LogP contribution in [-0.4, -0.2) is 30.1 Å². The van der Waals surface area contributed by atoms with E-state index in [1.54, 1.807) is 0 Å². The van der Waals surface area contributed by atoms with Crippen LogP contribution in [0.3, 0.4) is 0 Å². The van der Waals surface area contributed by atoms with Gasteiger partial charge >= 0.3 is 0 Å². The number of hydrogen-bond donors (Lipinski definition) is 2. The number of amides is 2. The Balaban J connectivity index is 1.55. The SMILES string of the molecule is O=C1NCC[C@H]1NC(=O)C12CC3CC(CC(F)(C3)C1)C2. The molecule has 2 N–H and O–H groups in total. The van der Waals surface area contributed by atoms with Crippen LogP contribution in [0.15, 0.2) is 0 Å². The molecule has 0 aromatic rings. The van der Waals surface area contributed by atoms with Gasteiger partial charge in [0.25, 0.3) is 0 Å². The van der Waals surface area contributed by atoms with Gasteiger partial charge in [-0.15, -0.1) is 0 Å². The van der Waals surface area contributed by atoms with Crippen LogP contribution in [0.25, 0.3) is 0 Å². The fourth-order valence-corrected chi connectivity index (χ4v) is 5.46. The predicted molar refractivity (Wildman–Crippen MR) is 70.5 cm³/mol. The van der Waals surface area contributed by atoms with E-state index in [-0.39, 0.29) is 11.8 Å². The highest BCUT2D eigenvalue weighted by Gasteiger charge is 2.61. The Hall–Kier alpha value is -1.13. The van der Waals surface area contributed by atoms with Crippen molar-refractivity contribution in [2.45, 2.75) is 56.7 Å². The Bertz CT molecular complexity index is 464. The summed E-state index contributed by atoms with van der Waals surface area (Å²) in [4.78, 5) is 24.3. The molecule has 5 fully saturated rings. The van der Waals surface area contributed by atoms with Crippen molar-refractivity contribution in [1.29, 1.82) is 0 Å². The van der Waals surface area contributed by atoms with E-state index in [0.29, 0.717) is 44.1 Å². The van der Waals surface area contributed by atoms with E-state index in [1.807, 2.05) is 0 Å². The van der Waals surface area contributed by atoms with E-state index in [0.717, 1.165) is 19.3 Å². The lowest BCUT2D eigenvalue weighted by Gasteiger charge is -2.58. The summed E-state index contributed by atoms with van der Waals surface area (Å²) in [6.45, 7) is 0.620. The van der Waals surface area contributed by atoms with Crippen molar-refractivity contribution in [3.63, 3.8) is 0 Å². The van der Waals surface area contributed by atoms with Gasteiger partial charge < -0.3 is 10.6 Å². The third kappa shape index (κ3) is 1.78. The van der Waals surface area contributed by atoms with Crippen molar-refractivity contribution in [3.05, 3.63) is 0 Å². The number of halogens is 1. The van der Waals surface area contributed by atoms with E-state index >= 15 is 0 Å². The van der Waals surface area contributed by atoms with Gasteiger partial charge in [0.15, 0.2) is 0 Å². The minimum Gasteiger partial charge on any atom is -0.354 e. The molecule has 2 amide bonds. The van der Waals surface area contributed by atoms with Crippen LogP contribution >= 0.6 is 0 Å². The topological polar surface area (TPSA) is 58.2 Å². The molecule has 1 saturated heterocycles. The number of carbonyl (C=O) groups excluding carboxylic acids is 2. The number of nitrogens with one attached hydrogen (secondary N) is 2. The smallest absolute Gasteiger partial charge is 0.242 e. The average Bonchev–Trinajstić information content (AvgIpc) is 2.71. The minimum atomic E-state index is -1.13. The van der Waals surface area contributed by atoms with Crippen molar-refractivity contribution in [2.24, 2.45) is 17.3 Å². The Kier molecular flexibility index (Phi) is 2.49. The van der Waals surface area contributed by atoms with Gasteiger partial charge in [-0.25, -0.2) is 4.39 Å². The Labute approximate surface area is 117 Å². The minimum absolute atomic E-state index is 0.0734. The third-order valence-corrected chi connectivity index (χ3v) is 5.83. The zero-order chi connectivity index (χ0) is 14.0. The molecule has 0 radical (unpaired) electrons. The van der Waals surface area contributed by atoms with Gasteiger partial charge in [-0.1, -0.05) is 0 Å². The van der Waals surface area contributed by atoms with Crippen LogP contribution in [0.5, 0.6) is 0 Å². The van der Waals surface area contributed by atoms with Crippen molar-refractivity contribution in [3.8, 4) is 0 Å². The third-order valence-electron chi connectivity index (χ3n) is 5.83. The number of rotatable bonds is 2. The van der Waals surface area contributed by atoms with Gasteiger partial charge in [0.2, 0.25) is 11.8 Å². The molecule has 5 heteroatoms. The maximum Gasteiger partial charge on any atom is 0.242 e. The fourth-order valence-electron chi connectivity index (χ4n) is 5.46. The lowest BCUT2D eigenvalue weighted by Crippen LogP contribution is -2.60. The zero-order valence-corrected chi connectivity index (χ0v) is 11.6. The molecule has 1 aliphatic heterocycles. The maximum atomic E-state index is 14.8. The standard InChI is InChI=1S/C15H21FN2O2/c16-15-6-9-3-10(7-15)5-14(4-9,8-15)13(20)18-11-1-2-17-12(11)19/h9-11H,1-8H2,(H,17,19)(H,18,20)/t9?,10?,11-,14?,15?/m1/s1. The van der Waals surface area contributed by atoms with Crippen LogP contribution in [0.2, 0.25) is 0 Å². The van der Waals surface area contributed by atoms with Crippen LogP contribution < -0.4 is 10.6 Å². The number of hydrogen-bond acceptors (Lipinski definition) is 2. The molecule has 4 saturated carbocycles. The summed E-state index contributed by atoms with van der Waals surface area (Å²) < 4.78 is 14.8. The monoisotopic (exact) mass is 280 g/mol. The van der Waals surface area contributed by atoms with Gasteiger partial charge in [0.1, 0.15) is 11.7 Å². The Morgan fingerprint density at radius 3 is 2.50 bits per heavy atom. The first-order chi connectivity index (χ1) is 9.48. The second-order valence-corrected chi connectivity index (χ2v) is 7.50. The highest BCUT2D eigenvalue weighted by molar-refractivity contribution is 5.91. The van der Waals surface area contributed by atoms with Crippen molar-refractivity contribution < 1.29 is 14.0 Å². The number of alkyl halides is 1. The normalized spacial score (nSPS) is 49.2. The molecule has 0 aromatic heterocycles.